The third kappa shape index (κ3) is 4.58. The topological polar surface area (TPSA) is 91.4 Å². The molecule has 4 rings (SSSR count). The average molecular weight is 459 g/mol. The first-order chi connectivity index (χ1) is 14.7. The van der Waals surface area contributed by atoms with Crippen molar-refractivity contribution < 1.29 is 13.2 Å². The molecule has 7 nitrogen and oxygen atoms in total. The molecule has 2 heterocycles. The number of nitrogens with zero attached hydrogens (tertiary/aromatic N) is 2. The largest absolute Gasteiger partial charge is 0.273 e. The number of sulfonamides is 1. The van der Waals surface area contributed by atoms with Gasteiger partial charge in [0, 0.05) is 18.7 Å². The van der Waals surface area contributed by atoms with Gasteiger partial charge in [0.1, 0.15) is 0 Å². The van der Waals surface area contributed by atoms with E-state index in [9.17, 15) is 13.2 Å². The molecule has 31 heavy (non-hydrogen) atoms. The minimum absolute atomic E-state index is 0.211. The normalized spacial score (nSPS) is 17.6. The standard InChI is InChI=1S/C22H26N4O3S2/c1-14-5-4-10-26(13-14)31(28,29)18-8-6-17(7-9-18)21(27)24-25-22-23-20-16(3)11-15(2)12-19(20)30-22/h6-9,11-12,14H,4-5,10,13H2,1-3H3,(H,23,25)(H,24,27)/t14-/m1/s1. The van der Waals surface area contributed by atoms with Crippen molar-refractivity contribution in [3.8, 4) is 0 Å². The van der Waals surface area contributed by atoms with E-state index in [-0.39, 0.29) is 10.8 Å². The monoisotopic (exact) mass is 458 g/mol. The smallest absolute Gasteiger partial charge is 0.269 e. The van der Waals surface area contributed by atoms with E-state index in [1.165, 1.54) is 45.5 Å². The predicted octanol–water partition coefficient (Wildman–Crippen LogP) is 4.09. The zero-order valence-corrected chi connectivity index (χ0v) is 19.4. The zero-order valence-electron chi connectivity index (χ0n) is 17.8. The van der Waals surface area contributed by atoms with E-state index in [2.05, 4.69) is 34.9 Å². The summed E-state index contributed by atoms with van der Waals surface area (Å²) in [5.41, 5.74) is 9.03. The van der Waals surface area contributed by atoms with E-state index in [1.54, 1.807) is 0 Å². The molecule has 1 fully saturated rings. The Balaban J connectivity index is 1.43. The number of piperidine rings is 1. The van der Waals surface area contributed by atoms with Gasteiger partial charge in [-0.05, 0) is 74.1 Å². The van der Waals surface area contributed by atoms with Crippen LogP contribution in [0.4, 0.5) is 5.13 Å². The molecule has 3 aromatic rings. The first-order valence-electron chi connectivity index (χ1n) is 10.3. The van der Waals surface area contributed by atoms with Crippen LogP contribution in [-0.4, -0.2) is 36.7 Å². The number of carbonyl (C=O) groups is 1. The van der Waals surface area contributed by atoms with Crippen molar-refractivity contribution in [1.29, 1.82) is 0 Å². The number of hydrogen-bond acceptors (Lipinski definition) is 6. The number of benzene rings is 2. The number of aryl methyl sites for hydroxylation is 2. The average Bonchev–Trinajstić information content (AvgIpc) is 3.15. The summed E-state index contributed by atoms with van der Waals surface area (Å²) >= 11 is 1.46. The molecule has 2 N–H and O–H groups in total. The highest BCUT2D eigenvalue weighted by atomic mass is 32.2. The maximum Gasteiger partial charge on any atom is 0.269 e. The van der Waals surface area contributed by atoms with Crippen LogP contribution in [0.1, 0.15) is 41.3 Å². The fraction of sp³-hybridized carbons (Fsp3) is 0.364. The molecule has 1 atom stereocenters. The summed E-state index contributed by atoms with van der Waals surface area (Å²) in [6, 6.07) is 10.2. The highest BCUT2D eigenvalue weighted by molar-refractivity contribution is 7.89. The van der Waals surface area contributed by atoms with Gasteiger partial charge in [0.25, 0.3) is 5.91 Å². The maximum absolute atomic E-state index is 12.9. The third-order valence-corrected chi connectivity index (χ3v) is 8.28. The van der Waals surface area contributed by atoms with E-state index < -0.39 is 10.0 Å². The molecule has 2 aromatic carbocycles. The van der Waals surface area contributed by atoms with Crippen LogP contribution in [0.3, 0.4) is 0 Å². The Morgan fingerprint density at radius 3 is 2.65 bits per heavy atom. The van der Waals surface area contributed by atoms with Gasteiger partial charge in [-0.3, -0.25) is 15.6 Å². The maximum atomic E-state index is 12.9. The molecule has 0 saturated carbocycles. The van der Waals surface area contributed by atoms with Crippen LogP contribution >= 0.6 is 11.3 Å². The van der Waals surface area contributed by atoms with E-state index in [1.807, 2.05) is 13.8 Å². The van der Waals surface area contributed by atoms with Crippen molar-refractivity contribution in [2.75, 3.05) is 18.5 Å². The van der Waals surface area contributed by atoms with Gasteiger partial charge in [-0.15, -0.1) is 0 Å². The number of hydrazine groups is 1. The highest BCUT2D eigenvalue weighted by Gasteiger charge is 2.28. The number of fused-ring (bicyclic) bond motifs is 1. The van der Waals surface area contributed by atoms with Gasteiger partial charge >= 0.3 is 0 Å². The van der Waals surface area contributed by atoms with Crippen molar-refractivity contribution in [2.24, 2.45) is 5.92 Å². The summed E-state index contributed by atoms with van der Waals surface area (Å²) in [4.78, 5) is 17.2. The lowest BCUT2D eigenvalue weighted by atomic mass is 10.0. The molecule has 1 amide bonds. The fourth-order valence-corrected chi connectivity index (χ4v) is 6.49. The summed E-state index contributed by atoms with van der Waals surface area (Å²) in [6.45, 7) is 7.19. The van der Waals surface area contributed by atoms with Gasteiger partial charge in [-0.2, -0.15) is 4.31 Å². The molecular formula is C22H26N4O3S2. The molecule has 1 saturated heterocycles. The third-order valence-electron chi connectivity index (χ3n) is 5.49. The lowest BCUT2D eigenvalue weighted by molar-refractivity contribution is 0.0962. The number of amides is 1. The summed E-state index contributed by atoms with van der Waals surface area (Å²) in [5, 5.41) is 0.593. The van der Waals surface area contributed by atoms with Crippen molar-refractivity contribution >= 4 is 42.6 Å². The Morgan fingerprint density at radius 1 is 1.19 bits per heavy atom. The van der Waals surface area contributed by atoms with E-state index in [0.29, 0.717) is 29.7 Å². The molecule has 0 unspecified atom stereocenters. The molecule has 0 spiro atoms. The number of thiazole rings is 1. The highest BCUT2D eigenvalue weighted by Crippen LogP contribution is 2.29. The van der Waals surface area contributed by atoms with E-state index >= 15 is 0 Å². The van der Waals surface area contributed by atoms with Crippen molar-refractivity contribution in [2.45, 2.75) is 38.5 Å². The second-order valence-electron chi connectivity index (χ2n) is 8.16. The van der Waals surface area contributed by atoms with Gasteiger partial charge in [-0.25, -0.2) is 13.4 Å². The van der Waals surface area contributed by atoms with Crippen molar-refractivity contribution in [3.63, 3.8) is 0 Å². The van der Waals surface area contributed by atoms with Gasteiger partial charge in [0.05, 0.1) is 15.1 Å². The Hall–Kier alpha value is -2.49. The molecule has 1 aliphatic heterocycles. The lowest BCUT2D eigenvalue weighted by Gasteiger charge is -2.30. The van der Waals surface area contributed by atoms with Crippen LogP contribution in [0.25, 0.3) is 10.2 Å². The lowest BCUT2D eigenvalue weighted by Crippen LogP contribution is -2.39. The number of aromatic nitrogens is 1. The number of hydrogen-bond donors (Lipinski definition) is 2. The van der Waals surface area contributed by atoms with Crippen molar-refractivity contribution in [3.05, 3.63) is 53.1 Å². The quantitative estimate of drug-likeness (QED) is 0.562. The van der Waals surface area contributed by atoms with Gasteiger partial charge in [0.15, 0.2) is 0 Å². The Labute approximate surface area is 186 Å². The Morgan fingerprint density at radius 2 is 1.94 bits per heavy atom. The fourth-order valence-electron chi connectivity index (χ4n) is 3.90. The van der Waals surface area contributed by atoms with Crippen molar-refractivity contribution in [1.82, 2.24) is 14.7 Å². The van der Waals surface area contributed by atoms with Gasteiger partial charge in [0.2, 0.25) is 15.2 Å². The number of rotatable bonds is 5. The first-order valence-corrected chi connectivity index (χ1v) is 12.5. The van der Waals surface area contributed by atoms with E-state index in [0.717, 1.165) is 28.6 Å². The summed E-state index contributed by atoms with van der Waals surface area (Å²) < 4.78 is 28.3. The number of anilines is 1. The zero-order chi connectivity index (χ0) is 22.2. The number of nitrogens with one attached hydrogen (secondary N) is 2. The second kappa shape index (κ2) is 8.57. The van der Waals surface area contributed by atoms with Gasteiger partial charge in [-0.1, -0.05) is 24.3 Å². The Bertz CT molecular complexity index is 1220. The summed E-state index contributed by atoms with van der Waals surface area (Å²) in [7, 11) is -3.54. The van der Waals surface area contributed by atoms with Crippen LogP contribution in [0.15, 0.2) is 41.3 Å². The van der Waals surface area contributed by atoms with Crippen LogP contribution in [-0.2, 0) is 10.0 Å². The minimum Gasteiger partial charge on any atom is -0.273 e. The van der Waals surface area contributed by atoms with E-state index in [4.69, 9.17) is 0 Å². The summed E-state index contributed by atoms with van der Waals surface area (Å²) in [6.07, 6.45) is 1.92. The number of carbonyl (C=O) groups excluding carboxylic acids is 1. The van der Waals surface area contributed by atoms with Crippen LogP contribution in [0.5, 0.6) is 0 Å². The molecule has 0 bridgehead atoms. The minimum atomic E-state index is -3.54. The molecule has 1 aromatic heterocycles. The first kappa shape index (κ1) is 21.7. The van der Waals surface area contributed by atoms with Gasteiger partial charge < -0.3 is 0 Å². The predicted molar refractivity (Wildman–Crippen MR) is 124 cm³/mol. The van der Waals surface area contributed by atoms with Crippen LogP contribution < -0.4 is 10.9 Å². The van der Waals surface area contributed by atoms with Crippen LogP contribution in [0, 0.1) is 19.8 Å². The molecule has 0 radical (unpaired) electrons. The SMILES string of the molecule is Cc1cc(C)c2nc(NNC(=O)c3ccc(S(=O)(=O)N4CCC[C@@H](C)C4)cc3)sc2c1. The second-order valence-corrected chi connectivity index (χ2v) is 11.1. The Kier molecular flexibility index (Phi) is 6.00. The molecular weight excluding hydrogens is 432 g/mol. The molecule has 164 valence electrons. The molecule has 1 aliphatic rings. The molecule has 0 aliphatic carbocycles. The summed E-state index contributed by atoms with van der Waals surface area (Å²) in [5.74, 6) is -0.00226. The van der Waals surface area contributed by atoms with Crippen LogP contribution in [0.2, 0.25) is 0 Å². The molecule has 9 heteroatoms.